The zero-order chi connectivity index (χ0) is 20.8. The molecule has 1 aromatic carbocycles. The van der Waals surface area contributed by atoms with Gasteiger partial charge >= 0.3 is 0 Å². The molecule has 1 aliphatic heterocycles. The number of fused-ring (bicyclic) bond motifs is 2. The molecule has 0 N–H and O–H groups in total. The van der Waals surface area contributed by atoms with Crippen molar-refractivity contribution in [1.82, 2.24) is 29.1 Å². The normalized spacial score (nSPS) is 15.5. The number of alkyl halides is 2. The summed E-state index contributed by atoms with van der Waals surface area (Å²) in [5, 5.41) is -0.0590. The third kappa shape index (κ3) is 2.98. The molecule has 30 heavy (non-hydrogen) atoms. The van der Waals surface area contributed by atoms with E-state index in [0.717, 1.165) is 12.8 Å². The van der Waals surface area contributed by atoms with Gasteiger partial charge in [-0.2, -0.15) is 9.97 Å². The minimum absolute atomic E-state index is 0.0590. The quantitative estimate of drug-likeness (QED) is 0.449. The van der Waals surface area contributed by atoms with Gasteiger partial charge in [-0.05, 0) is 36.6 Å². The first-order valence-electron chi connectivity index (χ1n) is 9.40. The van der Waals surface area contributed by atoms with Gasteiger partial charge in [-0.25, -0.2) is 18.7 Å². The molecular weight excluding hydrogens is 418 g/mol. The fraction of sp³-hybridized carbons (Fsp3) is 0.368. The molecule has 156 valence electrons. The molecule has 1 fully saturated rings. The van der Waals surface area contributed by atoms with Crippen molar-refractivity contribution in [3.8, 4) is 11.6 Å². The predicted octanol–water partition coefficient (Wildman–Crippen LogP) is 4.12. The predicted molar refractivity (Wildman–Crippen MR) is 106 cm³/mol. The maximum absolute atomic E-state index is 13.9. The molecule has 0 saturated carbocycles. The van der Waals surface area contributed by atoms with Gasteiger partial charge in [-0.15, -0.1) is 0 Å². The number of imidazole rings is 2. The van der Waals surface area contributed by atoms with Crippen LogP contribution in [0.2, 0.25) is 5.28 Å². The molecule has 4 aromatic rings. The highest BCUT2D eigenvalue weighted by molar-refractivity contribution is 6.28. The minimum atomic E-state index is -2.84. The lowest BCUT2D eigenvalue weighted by molar-refractivity contribution is 0.0704. The molecule has 0 bridgehead atoms. The highest BCUT2D eigenvalue weighted by atomic mass is 35.5. The van der Waals surface area contributed by atoms with Crippen LogP contribution in [-0.2, 0) is 4.74 Å². The minimum Gasteiger partial charge on any atom is -0.494 e. The van der Waals surface area contributed by atoms with Gasteiger partial charge in [-0.1, -0.05) is 6.07 Å². The first-order valence-corrected chi connectivity index (χ1v) is 9.78. The number of aromatic nitrogens is 6. The van der Waals surface area contributed by atoms with Crippen LogP contribution >= 0.6 is 11.6 Å². The lowest BCUT2D eigenvalue weighted by Crippen LogP contribution is -2.19. The number of para-hydroxylation sites is 1. The van der Waals surface area contributed by atoms with Crippen LogP contribution in [-0.4, -0.2) is 49.4 Å². The van der Waals surface area contributed by atoms with Gasteiger partial charge in [-0.3, -0.25) is 4.57 Å². The van der Waals surface area contributed by atoms with E-state index >= 15 is 0 Å². The Morgan fingerprint density at radius 1 is 1.17 bits per heavy atom. The number of nitrogens with zero attached hydrogens (tertiary/aromatic N) is 6. The van der Waals surface area contributed by atoms with Gasteiger partial charge in [0.1, 0.15) is 11.3 Å². The van der Waals surface area contributed by atoms with Crippen molar-refractivity contribution in [3.05, 3.63) is 35.6 Å². The van der Waals surface area contributed by atoms with E-state index < -0.39 is 12.2 Å². The number of benzene rings is 1. The van der Waals surface area contributed by atoms with Crippen LogP contribution < -0.4 is 4.74 Å². The van der Waals surface area contributed by atoms with Crippen LogP contribution in [0.1, 0.15) is 31.1 Å². The second-order valence-corrected chi connectivity index (χ2v) is 7.26. The van der Waals surface area contributed by atoms with Crippen molar-refractivity contribution in [3.63, 3.8) is 0 Å². The molecule has 0 spiro atoms. The molecule has 8 nitrogen and oxygen atoms in total. The fourth-order valence-corrected chi connectivity index (χ4v) is 4.05. The van der Waals surface area contributed by atoms with Crippen LogP contribution in [0.25, 0.3) is 28.0 Å². The molecule has 4 heterocycles. The average molecular weight is 435 g/mol. The summed E-state index contributed by atoms with van der Waals surface area (Å²) in [6.07, 6.45) is 0.409. The summed E-state index contributed by atoms with van der Waals surface area (Å²) >= 11 is 6.22. The summed E-state index contributed by atoms with van der Waals surface area (Å²) in [6.45, 7) is 1.27. The van der Waals surface area contributed by atoms with Crippen molar-refractivity contribution in [1.29, 1.82) is 0 Å². The zero-order valence-corrected chi connectivity index (χ0v) is 16.7. The molecule has 0 atom stereocenters. The Hall–Kier alpha value is -2.85. The molecule has 5 rings (SSSR count). The number of halogens is 3. The van der Waals surface area contributed by atoms with Crippen LogP contribution in [0.3, 0.4) is 0 Å². The lowest BCUT2D eigenvalue weighted by Gasteiger charge is -2.23. The van der Waals surface area contributed by atoms with Gasteiger partial charge in [0, 0.05) is 19.3 Å². The van der Waals surface area contributed by atoms with Crippen LogP contribution in [0, 0.1) is 0 Å². The van der Waals surface area contributed by atoms with Crippen LogP contribution in [0.5, 0.6) is 5.75 Å². The van der Waals surface area contributed by atoms with Crippen molar-refractivity contribution in [2.75, 3.05) is 20.3 Å². The Bertz CT molecular complexity index is 1230. The van der Waals surface area contributed by atoms with E-state index in [-0.39, 0.29) is 17.1 Å². The van der Waals surface area contributed by atoms with Crippen molar-refractivity contribution in [2.24, 2.45) is 0 Å². The molecule has 0 aliphatic carbocycles. The van der Waals surface area contributed by atoms with Crippen molar-refractivity contribution >= 4 is 33.8 Å². The maximum atomic E-state index is 13.9. The van der Waals surface area contributed by atoms with Gasteiger partial charge in [0.25, 0.3) is 6.43 Å². The van der Waals surface area contributed by atoms with Gasteiger partial charge in [0.05, 0.1) is 19.0 Å². The summed E-state index contributed by atoms with van der Waals surface area (Å²) in [5.74, 6) is 0.0744. The van der Waals surface area contributed by atoms with Crippen molar-refractivity contribution < 1.29 is 18.3 Å². The third-order valence-electron chi connectivity index (χ3n) is 5.26. The van der Waals surface area contributed by atoms with E-state index in [1.807, 2.05) is 4.57 Å². The average Bonchev–Trinajstić information content (AvgIpc) is 3.35. The first kappa shape index (κ1) is 19.1. The highest BCUT2D eigenvalue weighted by Gasteiger charge is 2.27. The molecule has 3 aromatic heterocycles. The smallest absolute Gasteiger partial charge is 0.296 e. The molecule has 0 amide bonds. The second-order valence-electron chi connectivity index (χ2n) is 6.92. The Kier molecular flexibility index (Phi) is 4.75. The number of ether oxygens (including phenoxy) is 2. The van der Waals surface area contributed by atoms with Gasteiger partial charge in [0.2, 0.25) is 5.28 Å². The molecule has 1 saturated heterocycles. The van der Waals surface area contributed by atoms with Gasteiger partial charge < -0.3 is 14.0 Å². The van der Waals surface area contributed by atoms with Crippen LogP contribution in [0.4, 0.5) is 8.78 Å². The standard InChI is InChI=1S/C19H17ClF2N6O2/c1-29-12-4-2-3-11-13(12)24-18(15(21)22)28(11)17-14-16(25-19(20)26-17)27(9-23-14)10-5-7-30-8-6-10/h2-4,9-10,15H,5-8H2,1H3. The Balaban J connectivity index is 1.79. The Morgan fingerprint density at radius 3 is 2.70 bits per heavy atom. The Morgan fingerprint density at radius 2 is 1.97 bits per heavy atom. The molecule has 1 aliphatic rings. The summed E-state index contributed by atoms with van der Waals surface area (Å²) in [4.78, 5) is 17.2. The fourth-order valence-electron chi connectivity index (χ4n) is 3.89. The van der Waals surface area contributed by atoms with E-state index in [1.165, 1.54) is 11.7 Å². The highest BCUT2D eigenvalue weighted by Crippen LogP contribution is 2.35. The van der Waals surface area contributed by atoms with E-state index in [1.54, 1.807) is 24.5 Å². The van der Waals surface area contributed by atoms with E-state index in [9.17, 15) is 8.78 Å². The number of hydrogen-bond donors (Lipinski definition) is 0. The topological polar surface area (TPSA) is 79.9 Å². The zero-order valence-electron chi connectivity index (χ0n) is 15.9. The lowest BCUT2D eigenvalue weighted by atomic mass is 10.1. The van der Waals surface area contributed by atoms with E-state index in [2.05, 4.69) is 19.9 Å². The van der Waals surface area contributed by atoms with Gasteiger partial charge in [0.15, 0.2) is 22.8 Å². The molecule has 11 heteroatoms. The summed E-state index contributed by atoms with van der Waals surface area (Å²) in [5.41, 5.74) is 1.58. The van der Waals surface area contributed by atoms with E-state index in [0.29, 0.717) is 41.2 Å². The monoisotopic (exact) mass is 434 g/mol. The third-order valence-corrected chi connectivity index (χ3v) is 5.43. The number of methoxy groups -OCH3 is 1. The summed E-state index contributed by atoms with van der Waals surface area (Å²) < 4.78 is 41.8. The number of hydrogen-bond acceptors (Lipinski definition) is 6. The largest absolute Gasteiger partial charge is 0.494 e. The molecular formula is C19H17ClF2N6O2. The maximum Gasteiger partial charge on any atom is 0.296 e. The summed E-state index contributed by atoms with van der Waals surface area (Å²) in [6, 6.07) is 5.18. The van der Waals surface area contributed by atoms with E-state index in [4.69, 9.17) is 21.1 Å². The first-order chi connectivity index (χ1) is 14.6. The Labute approximate surface area is 174 Å². The molecule has 0 unspecified atom stereocenters. The molecule has 0 radical (unpaired) electrons. The SMILES string of the molecule is COc1cccc2c1nc(C(F)F)n2-c1nc(Cl)nc2c1ncn2C1CCOCC1. The number of rotatable bonds is 4. The van der Waals surface area contributed by atoms with Crippen LogP contribution in [0.15, 0.2) is 24.5 Å². The second kappa shape index (κ2) is 7.44. The van der Waals surface area contributed by atoms with Crippen molar-refractivity contribution in [2.45, 2.75) is 25.3 Å². The summed E-state index contributed by atoms with van der Waals surface area (Å²) in [7, 11) is 1.46.